The van der Waals surface area contributed by atoms with Crippen molar-refractivity contribution >= 4 is 17.2 Å². The van der Waals surface area contributed by atoms with Crippen molar-refractivity contribution < 1.29 is 14.1 Å². The van der Waals surface area contributed by atoms with Crippen molar-refractivity contribution in [3.63, 3.8) is 0 Å². The molecule has 0 spiro atoms. The molecule has 6 nitrogen and oxygen atoms in total. The molecule has 2 aromatic heterocycles. The average molecular weight is 355 g/mol. The molecule has 1 amide bonds. The van der Waals surface area contributed by atoms with E-state index >= 15 is 0 Å². The Bertz CT molecular complexity index is 869. The number of para-hydroxylation sites is 1. The minimum absolute atomic E-state index is 0.0297. The lowest BCUT2D eigenvalue weighted by atomic mass is 9.98. The monoisotopic (exact) mass is 355 g/mol. The van der Waals surface area contributed by atoms with Crippen LogP contribution in [0.5, 0.6) is 5.75 Å². The van der Waals surface area contributed by atoms with Crippen LogP contribution in [0.3, 0.4) is 0 Å². The summed E-state index contributed by atoms with van der Waals surface area (Å²) in [7, 11) is 0. The number of amides is 1. The Hall–Kier alpha value is -2.67. The summed E-state index contributed by atoms with van der Waals surface area (Å²) >= 11 is 1.59. The molecule has 1 aliphatic heterocycles. The number of ether oxygens (including phenoxy) is 1. The quantitative estimate of drug-likeness (QED) is 0.701. The van der Waals surface area contributed by atoms with Gasteiger partial charge in [0.1, 0.15) is 5.75 Å². The van der Waals surface area contributed by atoms with Gasteiger partial charge in [-0.25, -0.2) is 0 Å². The van der Waals surface area contributed by atoms with Gasteiger partial charge in [-0.3, -0.25) is 4.79 Å². The molecule has 0 bridgehead atoms. The number of nitrogens with zero attached hydrogens (tertiary/aromatic N) is 3. The lowest BCUT2D eigenvalue weighted by Crippen LogP contribution is -2.48. The third-order valence-electron chi connectivity index (χ3n) is 4.16. The van der Waals surface area contributed by atoms with Gasteiger partial charge in [-0.15, -0.1) is 0 Å². The van der Waals surface area contributed by atoms with Crippen LogP contribution in [0.2, 0.25) is 0 Å². The van der Waals surface area contributed by atoms with Gasteiger partial charge in [0.25, 0.3) is 5.91 Å². The zero-order chi connectivity index (χ0) is 17.2. The first kappa shape index (κ1) is 15.8. The van der Waals surface area contributed by atoms with Gasteiger partial charge in [0.2, 0.25) is 11.7 Å². The topological polar surface area (TPSA) is 68.5 Å². The van der Waals surface area contributed by atoms with Crippen molar-refractivity contribution in [1.29, 1.82) is 0 Å². The Morgan fingerprint density at radius 1 is 1.36 bits per heavy atom. The van der Waals surface area contributed by atoms with Gasteiger partial charge in [0.15, 0.2) is 0 Å². The Kier molecular flexibility index (Phi) is 4.23. The Morgan fingerprint density at radius 3 is 2.96 bits per heavy atom. The van der Waals surface area contributed by atoms with Crippen molar-refractivity contribution in [2.45, 2.75) is 12.8 Å². The highest BCUT2D eigenvalue weighted by Gasteiger charge is 2.36. The summed E-state index contributed by atoms with van der Waals surface area (Å²) in [5.41, 5.74) is 1.55. The summed E-state index contributed by atoms with van der Waals surface area (Å²) in [4.78, 5) is 18.9. The van der Waals surface area contributed by atoms with Crippen molar-refractivity contribution in [3.05, 3.63) is 52.5 Å². The molecule has 0 atom stereocenters. The molecule has 1 aliphatic rings. The molecule has 0 N–H and O–H groups in total. The van der Waals surface area contributed by atoms with Gasteiger partial charge in [0.05, 0.1) is 18.1 Å². The van der Waals surface area contributed by atoms with E-state index in [1.807, 2.05) is 41.9 Å². The molecule has 1 fully saturated rings. The summed E-state index contributed by atoms with van der Waals surface area (Å²) in [6.45, 7) is 3.58. The van der Waals surface area contributed by atoms with Gasteiger partial charge in [0, 0.05) is 24.0 Å². The SMILES string of the molecule is CCOc1ccccc1C(=O)N1CC(c2nc(-c3ccsc3)no2)C1. The normalized spacial score (nSPS) is 14.4. The van der Waals surface area contributed by atoms with Crippen molar-refractivity contribution in [3.8, 4) is 17.1 Å². The minimum atomic E-state index is -0.0297. The van der Waals surface area contributed by atoms with Gasteiger partial charge >= 0.3 is 0 Å². The summed E-state index contributed by atoms with van der Waals surface area (Å²) < 4.78 is 10.9. The van der Waals surface area contributed by atoms with E-state index in [-0.39, 0.29) is 11.8 Å². The van der Waals surface area contributed by atoms with Crippen LogP contribution in [0.25, 0.3) is 11.4 Å². The number of benzene rings is 1. The smallest absolute Gasteiger partial charge is 0.257 e. The lowest BCUT2D eigenvalue weighted by Gasteiger charge is -2.37. The molecule has 3 heterocycles. The number of thiophene rings is 1. The van der Waals surface area contributed by atoms with Crippen LogP contribution in [0.4, 0.5) is 0 Å². The van der Waals surface area contributed by atoms with E-state index < -0.39 is 0 Å². The standard InChI is InChI=1S/C18H17N3O3S/c1-2-23-15-6-4-3-5-14(15)18(22)21-9-13(10-21)17-19-16(20-24-17)12-7-8-25-11-12/h3-8,11,13H,2,9-10H2,1H3. The third kappa shape index (κ3) is 3.02. The van der Waals surface area contributed by atoms with E-state index in [1.165, 1.54) is 0 Å². The Labute approximate surface area is 149 Å². The molecule has 0 aliphatic carbocycles. The van der Waals surface area contributed by atoms with E-state index in [2.05, 4.69) is 10.1 Å². The van der Waals surface area contributed by atoms with E-state index in [0.29, 0.717) is 42.7 Å². The second kappa shape index (κ2) is 6.68. The molecule has 0 radical (unpaired) electrons. The van der Waals surface area contributed by atoms with Crippen LogP contribution in [-0.2, 0) is 0 Å². The van der Waals surface area contributed by atoms with E-state index in [9.17, 15) is 4.79 Å². The predicted molar refractivity (Wildman–Crippen MR) is 93.9 cm³/mol. The molecule has 25 heavy (non-hydrogen) atoms. The van der Waals surface area contributed by atoms with Crippen LogP contribution in [0.15, 0.2) is 45.6 Å². The molecule has 3 aromatic rings. The number of hydrogen-bond donors (Lipinski definition) is 0. The second-order valence-corrected chi connectivity index (χ2v) is 6.58. The highest BCUT2D eigenvalue weighted by Crippen LogP contribution is 2.31. The van der Waals surface area contributed by atoms with Crippen LogP contribution < -0.4 is 4.74 Å². The fourth-order valence-electron chi connectivity index (χ4n) is 2.81. The minimum Gasteiger partial charge on any atom is -0.493 e. The largest absolute Gasteiger partial charge is 0.493 e. The maximum absolute atomic E-state index is 12.7. The molecule has 7 heteroatoms. The average Bonchev–Trinajstić information content (AvgIpc) is 3.25. The predicted octanol–water partition coefficient (Wildman–Crippen LogP) is 3.44. The summed E-state index contributed by atoms with van der Waals surface area (Å²) in [6.07, 6.45) is 0. The highest BCUT2D eigenvalue weighted by atomic mass is 32.1. The number of carbonyl (C=O) groups is 1. The van der Waals surface area contributed by atoms with Crippen molar-refractivity contribution in [2.75, 3.05) is 19.7 Å². The number of rotatable bonds is 5. The van der Waals surface area contributed by atoms with Gasteiger partial charge in [-0.2, -0.15) is 16.3 Å². The van der Waals surface area contributed by atoms with Crippen molar-refractivity contribution in [2.24, 2.45) is 0 Å². The lowest BCUT2D eigenvalue weighted by molar-refractivity contribution is 0.0565. The molecule has 1 saturated heterocycles. The molecule has 4 rings (SSSR count). The van der Waals surface area contributed by atoms with E-state index in [1.54, 1.807) is 22.3 Å². The zero-order valence-corrected chi connectivity index (χ0v) is 14.5. The third-order valence-corrected chi connectivity index (χ3v) is 4.84. The molecular formula is C18H17N3O3S. The van der Waals surface area contributed by atoms with E-state index in [4.69, 9.17) is 9.26 Å². The van der Waals surface area contributed by atoms with Crippen LogP contribution in [0, 0.1) is 0 Å². The van der Waals surface area contributed by atoms with Gasteiger partial charge < -0.3 is 14.2 Å². The van der Waals surface area contributed by atoms with Crippen LogP contribution in [0.1, 0.15) is 29.1 Å². The summed E-state index contributed by atoms with van der Waals surface area (Å²) in [5.74, 6) is 1.86. The van der Waals surface area contributed by atoms with Crippen molar-refractivity contribution in [1.82, 2.24) is 15.0 Å². The first-order valence-electron chi connectivity index (χ1n) is 8.13. The van der Waals surface area contributed by atoms with Gasteiger partial charge in [-0.05, 0) is 30.5 Å². The Morgan fingerprint density at radius 2 is 2.20 bits per heavy atom. The van der Waals surface area contributed by atoms with Crippen LogP contribution >= 0.6 is 11.3 Å². The molecule has 1 aromatic carbocycles. The molecule has 128 valence electrons. The summed E-state index contributed by atoms with van der Waals surface area (Å²) in [5, 5.41) is 7.98. The maximum Gasteiger partial charge on any atom is 0.257 e. The second-order valence-electron chi connectivity index (χ2n) is 5.80. The van der Waals surface area contributed by atoms with Gasteiger partial charge in [-0.1, -0.05) is 17.3 Å². The van der Waals surface area contributed by atoms with Crippen LogP contribution in [-0.4, -0.2) is 40.6 Å². The maximum atomic E-state index is 12.7. The fraction of sp³-hybridized carbons (Fsp3) is 0.278. The Balaban J connectivity index is 1.43. The first-order chi connectivity index (χ1) is 12.3. The highest BCUT2D eigenvalue weighted by molar-refractivity contribution is 7.08. The fourth-order valence-corrected chi connectivity index (χ4v) is 3.44. The molecule has 0 unspecified atom stereocenters. The number of aromatic nitrogens is 2. The van der Waals surface area contributed by atoms with E-state index in [0.717, 1.165) is 5.56 Å². The molecule has 0 saturated carbocycles. The zero-order valence-electron chi connectivity index (χ0n) is 13.7. The number of likely N-dealkylation sites (tertiary alicyclic amines) is 1. The number of carbonyl (C=O) groups excluding carboxylic acids is 1. The first-order valence-corrected chi connectivity index (χ1v) is 9.08. The summed E-state index contributed by atoms with van der Waals surface area (Å²) in [6, 6.07) is 9.28. The molecular weight excluding hydrogens is 338 g/mol. The number of hydrogen-bond acceptors (Lipinski definition) is 6.